The van der Waals surface area contributed by atoms with E-state index in [1.54, 1.807) is 18.2 Å². The topological polar surface area (TPSA) is 26.3 Å². The predicted octanol–water partition coefficient (Wildman–Crippen LogP) is 4.96. The van der Waals surface area contributed by atoms with E-state index >= 15 is 0 Å². The van der Waals surface area contributed by atoms with Crippen LogP contribution in [0, 0.1) is 0 Å². The lowest BCUT2D eigenvalue weighted by Gasteiger charge is -2.07. The van der Waals surface area contributed by atoms with Crippen molar-refractivity contribution >= 4 is 6.29 Å². The molecular weight excluding hydrogens is 260 g/mol. The van der Waals surface area contributed by atoms with E-state index in [0.717, 1.165) is 17.6 Å². The number of carbonyl (C=O) groups excluding carboxylic acids is 1. The maximum Gasteiger partial charge on any atom is 0.150 e. The highest BCUT2D eigenvalue weighted by molar-refractivity contribution is 5.75. The second kappa shape index (κ2) is 6.06. The minimum absolute atomic E-state index is 0.605. The SMILES string of the molecule is O=Cc1cccc(Oc2ccc(-c3ccccc3)cc2)c1. The van der Waals surface area contributed by atoms with Gasteiger partial charge in [0.05, 0.1) is 0 Å². The standard InChI is InChI=1S/C19H14O2/c20-14-15-5-4-8-19(13-15)21-18-11-9-17(10-12-18)16-6-2-1-3-7-16/h1-14H. The highest BCUT2D eigenvalue weighted by atomic mass is 16.5. The van der Waals surface area contributed by atoms with Gasteiger partial charge in [0.2, 0.25) is 0 Å². The van der Waals surface area contributed by atoms with Gasteiger partial charge in [-0.3, -0.25) is 4.79 Å². The Balaban J connectivity index is 1.79. The monoisotopic (exact) mass is 274 g/mol. The van der Waals surface area contributed by atoms with E-state index < -0.39 is 0 Å². The number of carbonyl (C=O) groups is 1. The third-order valence-corrected chi connectivity index (χ3v) is 3.19. The van der Waals surface area contributed by atoms with Crippen LogP contribution in [0.1, 0.15) is 10.4 Å². The van der Waals surface area contributed by atoms with Gasteiger partial charge in [-0.15, -0.1) is 0 Å². The maximum absolute atomic E-state index is 10.8. The smallest absolute Gasteiger partial charge is 0.150 e. The van der Waals surface area contributed by atoms with Gasteiger partial charge in [-0.25, -0.2) is 0 Å². The summed E-state index contributed by atoms with van der Waals surface area (Å²) >= 11 is 0. The zero-order chi connectivity index (χ0) is 14.5. The van der Waals surface area contributed by atoms with Crippen LogP contribution in [0.15, 0.2) is 78.9 Å². The van der Waals surface area contributed by atoms with Crippen molar-refractivity contribution in [1.82, 2.24) is 0 Å². The molecule has 0 aliphatic rings. The van der Waals surface area contributed by atoms with Crippen LogP contribution in [0.2, 0.25) is 0 Å². The van der Waals surface area contributed by atoms with E-state index in [4.69, 9.17) is 4.74 Å². The van der Waals surface area contributed by atoms with Gasteiger partial charge < -0.3 is 4.74 Å². The Labute approximate surface area is 123 Å². The second-order valence-corrected chi connectivity index (χ2v) is 4.68. The van der Waals surface area contributed by atoms with Gasteiger partial charge in [-0.2, -0.15) is 0 Å². The second-order valence-electron chi connectivity index (χ2n) is 4.68. The Hall–Kier alpha value is -2.87. The molecule has 0 unspecified atom stereocenters. The molecule has 0 amide bonds. The summed E-state index contributed by atoms with van der Waals surface area (Å²) in [7, 11) is 0. The van der Waals surface area contributed by atoms with Crippen molar-refractivity contribution in [3.8, 4) is 22.6 Å². The third kappa shape index (κ3) is 3.18. The molecule has 3 rings (SSSR count). The number of benzene rings is 3. The van der Waals surface area contributed by atoms with E-state index in [-0.39, 0.29) is 0 Å². The highest BCUT2D eigenvalue weighted by Crippen LogP contribution is 2.25. The molecule has 0 aromatic heterocycles. The van der Waals surface area contributed by atoms with Crippen molar-refractivity contribution < 1.29 is 9.53 Å². The summed E-state index contributed by atoms with van der Waals surface area (Å²) in [5.41, 5.74) is 2.92. The van der Waals surface area contributed by atoms with E-state index in [9.17, 15) is 4.79 Å². The van der Waals surface area contributed by atoms with Crippen molar-refractivity contribution in [3.05, 3.63) is 84.4 Å². The molecule has 3 aromatic carbocycles. The maximum atomic E-state index is 10.8. The largest absolute Gasteiger partial charge is 0.457 e. The zero-order valence-corrected chi connectivity index (χ0v) is 11.4. The molecule has 21 heavy (non-hydrogen) atoms. The third-order valence-electron chi connectivity index (χ3n) is 3.19. The molecule has 2 nitrogen and oxygen atoms in total. The van der Waals surface area contributed by atoms with E-state index in [1.165, 1.54) is 5.56 Å². The summed E-state index contributed by atoms with van der Waals surface area (Å²) in [6, 6.07) is 25.2. The number of aldehydes is 1. The van der Waals surface area contributed by atoms with Crippen molar-refractivity contribution in [2.75, 3.05) is 0 Å². The van der Waals surface area contributed by atoms with Gasteiger partial charge in [-0.1, -0.05) is 54.6 Å². The van der Waals surface area contributed by atoms with Gasteiger partial charge in [0.15, 0.2) is 0 Å². The van der Waals surface area contributed by atoms with E-state index in [0.29, 0.717) is 11.3 Å². The van der Waals surface area contributed by atoms with Gasteiger partial charge >= 0.3 is 0 Å². The van der Waals surface area contributed by atoms with Gasteiger partial charge in [0, 0.05) is 5.56 Å². The van der Waals surface area contributed by atoms with Crippen LogP contribution in [-0.4, -0.2) is 6.29 Å². The average Bonchev–Trinajstić information content (AvgIpc) is 2.56. The molecule has 0 bridgehead atoms. The summed E-state index contributed by atoms with van der Waals surface area (Å²) in [4.78, 5) is 10.8. The molecule has 2 heteroatoms. The lowest BCUT2D eigenvalue weighted by molar-refractivity contribution is 0.112. The van der Waals surface area contributed by atoms with Crippen LogP contribution in [0.3, 0.4) is 0 Å². The van der Waals surface area contributed by atoms with Crippen molar-refractivity contribution in [3.63, 3.8) is 0 Å². The van der Waals surface area contributed by atoms with Crippen LogP contribution < -0.4 is 4.74 Å². The molecule has 3 aromatic rings. The molecule has 0 heterocycles. The first-order valence-electron chi connectivity index (χ1n) is 6.74. The molecule has 0 saturated carbocycles. The van der Waals surface area contributed by atoms with Crippen LogP contribution in [0.4, 0.5) is 0 Å². The molecular formula is C19H14O2. The number of ether oxygens (including phenoxy) is 1. The van der Waals surface area contributed by atoms with Crippen molar-refractivity contribution in [2.45, 2.75) is 0 Å². The minimum atomic E-state index is 0.605. The zero-order valence-electron chi connectivity index (χ0n) is 11.4. The fourth-order valence-corrected chi connectivity index (χ4v) is 2.13. The summed E-state index contributed by atoms with van der Waals surface area (Å²) in [6.45, 7) is 0. The molecule has 0 N–H and O–H groups in total. The summed E-state index contributed by atoms with van der Waals surface area (Å²) in [5.74, 6) is 1.41. The van der Waals surface area contributed by atoms with Gasteiger partial charge in [-0.05, 0) is 35.4 Å². The Morgan fingerprint density at radius 3 is 2.10 bits per heavy atom. The highest BCUT2D eigenvalue weighted by Gasteiger charge is 2.00. The molecule has 0 aliphatic heterocycles. The molecule has 0 atom stereocenters. The lowest BCUT2D eigenvalue weighted by atomic mass is 10.1. The summed E-state index contributed by atoms with van der Waals surface area (Å²) in [5, 5.41) is 0. The van der Waals surface area contributed by atoms with E-state index in [1.807, 2.05) is 48.5 Å². The quantitative estimate of drug-likeness (QED) is 0.629. The predicted molar refractivity (Wildman–Crippen MR) is 83.8 cm³/mol. The van der Waals surface area contributed by atoms with Crippen LogP contribution in [0.25, 0.3) is 11.1 Å². The fraction of sp³-hybridized carbons (Fsp3) is 0. The summed E-state index contributed by atoms with van der Waals surface area (Å²) in [6.07, 6.45) is 0.811. The van der Waals surface area contributed by atoms with Crippen molar-refractivity contribution in [1.29, 1.82) is 0 Å². The molecule has 102 valence electrons. The first-order chi connectivity index (χ1) is 10.3. The molecule has 0 aliphatic carbocycles. The summed E-state index contributed by atoms with van der Waals surface area (Å²) < 4.78 is 5.75. The van der Waals surface area contributed by atoms with Crippen LogP contribution in [-0.2, 0) is 0 Å². The number of hydrogen-bond acceptors (Lipinski definition) is 2. The van der Waals surface area contributed by atoms with Crippen LogP contribution in [0.5, 0.6) is 11.5 Å². The van der Waals surface area contributed by atoms with Gasteiger partial charge in [0.1, 0.15) is 17.8 Å². The molecule has 0 radical (unpaired) electrons. The average molecular weight is 274 g/mol. The first kappa shape index (κ1) is 13.1. The lowest BCUT2D eigenvalue weighted by Crippen LogP contribution is -1.86. The Kier molecular flexibility index (Phi) is 3.79. The van der Waals surface area contributed by atoms with Gasteiger partial charge in [0.25, 0.3) is 0 Å². The normalized spacial score (nSPS) is 10.1. The fourth-order valence-electron chi connectivity index (χ4n) is 2.13. The molecule has 0 spiro atoms. The first-order valence-corrected chi connectivity index (χ1v) is 6.74. The molecule has 0 saturated heterocycles. The van der Waals surface area contributed by atoms with Crippen molar-refractivity contribution in [2.24, 2.45) is 0 Å². The van der Waals surface area contributed by atoms with Crippen LogP contribution >= 0.6 is 0 Å². The number of hydrogen-bond donors (Lipinski definition) is 0. The molecule has 0 fully saturated rings. The Bertz CT molecular complexity index is 731. The minimum Gasteiger partial charge on any atom is -0.457 e. The Morgan fingerprint density at radius 2 is 1.38 bits per heavy atom. The number of rotatable bonds is 4. The Morgan fingerprint density at radius 1 is 0.667 bits per heavy atom. The van der Waals surface area contributed by atoms with E-state index in [2.05, 4.69) is 12.1 Å².